The van der Waals surface area contributed by atoms with Crippen LogP contribution in [-0.4, -0.2) is 30.2 Å². The second-order valence-electron chi connectivity index (χ2n) is 1.71. The Kier molecular flexibility index (Phi) is 4.20. The molecule has 0 aliphatic carbocycles. The van der Waals surface area contributed by atoms with Crippen molar-refractivity contribution < 1.29 is 9.90 Å². The maximum absolute atomic E-state index is 10.1. The van der Waals surface area contributed by atoms with Crippen molar-refractivity contribution in [3.63, 3.8) is 0 Å². The molecule has 1 unspecified atom stereocenters. The maximum Gasteiger partial charge on any atom is 0.247 e. The largest absolute Gasteiger partial charge is 0.382 e. The van der Waals surface area contributed by atoms with E-state index in [9.17, 15) is 4.79 Å². The van der Waals surface area contributed by atoms with Crippen LogP contribution in [-0.2, 0) is 4.79 Å². The lowest BCUT2D eigenvalue weighted by atomic mass is 10.3. The number of rotatable bonds is 4. The molecule has 5 heteroatoms. The lowest BCUT2D eigenvalue weighted by Gasteiger charge is -2.03. The molecule has 0 fully saturated rings. The fraction of sp³-hybridized carbons (Fsp3) is 0.600. The molecule has 0 heterocycles. The van der Waals surface area contributed by atoms with E-state index in [1.807, 2.05) is 0 Å². The molecule has 0 saturated carbocycles. The number of carbonyl (C=O) groups is 1. The molecule has 0 bridgehead atoms. The van der Waals surface area contributed by atoms with Gasteiger partial charge in [-0.15, -0.1) is 0 Å². The summed E-state index contributed by atoms with van der Waals surface area (Å²) >= 11 is 0. The maximum atomic E-state index is 10.1. The molecular formula is C5H9N3O2. The van der Waals surface area contributed by atoms with Gasteiger partial charge in [-0.3, -0.25) is 4.79 Å². The third kappa shape index (κ3) is 3.83. The van der Waals surface area contributed by atoms with Gasteiger partial charge in [0, 0.05) is 6.54 Å². The molecule has 0 aliphatic heterocycles. The highest BCUT2D eigenvalue weighted by atomic mass is 16.3. The topological polar surface area (TPSA) is 99.1 Å². The van der Waals surface area contributed by atoms with E-state index in [4.69, 9.17) is 16.1 Å². The van der Waals surface area contributed by atoms with E-state index in [-0.39, 0.29) is 13.1 Å². The minimum Gasteiger partial charge on any atom is -0.382 e. The number of hydrogen-bond acceptors (Lipinski definition) is 4. The van der Waals surface area contributed by atoms with Gasteiger partial charge in [-0.25, -0.2) is 0 Å². The highest BCUT2D eigenvalue weighted by Crippen LogP contribution is 1.75. The van der Waals surface area contributed by atoms with Crippen molar-refractivity contribution >= 4 is 5.91 Å². The molecule has 0 aliphatic rings. The summed E-state index contributed by atoms with van der Waals surface area (Å²) in [6.07, 6.45) is -1.20. The number of nitrogens with one attached hydrogen (secondary N) is 1. The smallest absolute Gasteiger partial charge is 0.247 e. The molecule has 5 nitrogen and oxygen atoms in total. The van der Waals surface area contributed by atoms with Crippen LogP contribution in [0.4, 0.5) is 0 Å². The van der Waals surface area contributed by atoms with E-state index < -0.39 is 12.0 Å². The van der Waals surface area contributed by atoms with Gasteiger partial charge in [0.1, 0.15) is 6.10 Å². The zero-order chi connectivity index (χ0) is 7.98. The Morgan fingerprint density at radius 1 is 1.90 bits per heavy atom. The van der Waals surface area contributed by atoms with Gasteiger partial charge in [-0.1, -0.05) is 0 Å². The van der Waals surface area contributed by atoms with E-state index in [1.165, 1.54) is 0 Å². The van der Waals surface area contributed by atoms with Crippen LogP contribution >= 0.6 is 0 Å². The zero-order valence-corrected chi connectivity index (χ0v) is 5.37. The fourth-order valence-electron chi connectivity index (χ4n) is 0.365. The van der Waals surface area contributed by atoms with Crippen molar-refractivity contribution in [2.45, 2.75) is 6.10 Å². The number of hydrogen-bond donors (Lipinski definition) is 3. The Morgan fingerprint density at radius 2 is 2.50 bits per heavy atom. The van der Waals surface area contributed by atoms with Crippen LogP contribution in [0.15, 0.2) is 0 Å². The minimum absolute atomic E-state index is 0.0306. The predicted molar refractivity (Wildman–Crippen MR) is 33.7 cm³/mol. The molecule has 0 aromatic heterocycles. The van der Waals surface area contributed by atoms with Crippen molar-refractivity contribution in [2.24, 2.45) is 5.73 Å². The summed E-state index contributed by atoms with van der Waals surface area (Å²) < 4.78 is 0. The van der Waals surface area contributed by atoms with Crippen molar-refractivity contribution in [2.75, 3.05) is 13.1 Å². The summed E-state index contributed by atoms with van der Waals surface area (Å²) in [6.45, 7) is 0.132. The molecule has 0 aromatic carbocycles. The zero-order valence-electron chi connectivity index (χ0n) is 5.37. The van der Waals surface area contributed by atoms with E-state index in [2.05, 4.69) is 5.32 Å². The number of nitrogens with two attached hydrogens (primary N) is 1. The van der Waals surface area contributed by atoms with E-state index in [1.54, 1.807) is 6.07 Å². The number of aliphatic hydroxyl groups excluding tert-OH is 1. The monoisotopic (exact) mass is 143 g/mol. The average Bonchev–Trinajstić information content (AvgIpc) is 1.88. The molecule has 0 saturated heterocycles. The van der Waals surface area contributed by atoms with E-state index in [0.717, 1.165) is 0 Å². The molecule has 56 valence electrons. The predicted octanol–water partition coefficient (Wildman–Crippen LogP) is -2.05. The van der Waals surface area contributed by atoms with Gasteiger partial charge in [0.15, 0.2) is 0 Å². The Bertz CT molecular complexity index is 151. The molecule has 0 aromatic rings. The first kappa shape index (κ1) is 8.88. The second-order valence-corrected chi connectivity index (χ2v) is 1.71. The molecule has 1 amide bonds. The van der Waals surface area contributed by atoms with Gasteiger partial charge in [-0.2, -0.15) is 5.26 Å². The molecule has 0 spiro atoms. The summed E-state index contributed by atoms with van der Waals surface area (Å²) in [5.74, 6) is -0.787. The van der Waals surface area contributed by atoms with Gasteiger partial charge < -0.3 is 16.2 Å². The van der Waals surface area contributed by atoms with Gasteiger partial charge >= 0.3 is 0 Å². The fourth-order valence-corrected chi connectivity index (χ4v) is 0.365. The van der Waals surface area contributed by atoms with Crippen LogP contribution < -0.4 is 11.1 Å². The molecule has 0 rings (SSSR count). The summed E-state index contributed by atoms with van der Waals surface area (Å²) in [5, 5.41) is 19.2. The summed E-state index contributed by atoms with van der Waals surface area (Å²) in [4.78, 5) is 10.1. The molecule has 0 radical (unpaired) electrons. The Morgan fingerprint density at radius 3 is 2.90 bits per heavy atom. The number of carbonyl (C=O) groups excluding carboxylic acids is 1. The average molecular weight is 143 g/mol. The second kappa shape index (κ2) is 4.73. The molecule has 4 N–H and O–H groups in total. The van der Waals surface area contributed by atoms with Crippen LogP contribution in [0, 0.1) is 11.3 Å². The van der Waals surface area contributed by atoms with Crippen LogP contribution in [0.2, 0.25) is 0 Å². The van der Waals surface area contributed by atoms with Gasteiger partial charge in [0.2, 0.25) is 5.91 Å². The summed E-state index contributed by atoms with van der Waals surface area (Å²) in [5.41, 5.74) is 4.71. The van der Waals surface area contributed by atoms with Gasteiger partial charge in [-0.05, 0) is 0 Å². The van der Waals surface area contributed by atoms with E-state index >= 15 is 0 Å². The van der Waals surface area contributed by atoms with Gasteiger partial charge in [0.05, 0.1) is 12.6 Å². The van der Waals surface area contributed by atoms with Crippen molar-refractivity contribution in [3.05, 3.63) is 0 Å². The first-order chi connectivity index (χ1) is 4.68. The van der Waals surface area contributed by atoms with Crippen molar-refractivity contribution in [1.82, 2.24) is 5.32 Å². The normalized spacial score (nSPS) is 12.0. The third-order valence-corrected chi connectivity index (χ3v) is 0.870. The Labute approximate surface area is 58.4 Å². The Balaban J connectivity index is 3.32. The van der Waals surface area contributed by atoms with Gasteiger partial charge in [0.25, 0.3) is 0 Å². The van der Waals surface area contributed by atoms with Crippen LogP contribution in [0.3, 0.4) is 0 Å². The third-order valence-electron chi connectivity index (χ3n) is 0.870. The quantitative estimate of drug-likeness (QED) is 0.311. The minimum atomic E-state index is -1.20. The van der Waals surface area contributed by atoms with Crippen LogP contribution in [0.1, 0.15) is 0 Å². The highest BCUT2D eigenvalue weighted by Gasteiger charge is 2.08. The van der Waals surface area contributed by atoms with Crippen molar-refractivity contribution in [1.29, 1.82) is 5.26 Å². The van der Waals surface area contributed by atoms with Crippen LogP contribution in [0.25, 0.3) is 0 Å². The lowest BCUT2D eigenvalue weighted by Crippen LogP contribution is -2.37. The summed E-state index contributed by atoms with van der Waals surface area (Å²) in [7, 11) is 0. The summed E-state index contributed by atoms with van der Waals surface area (Å²) in [6, 6.07) is 1.79. The number of nitrogens with zero attached hydrogens (tertiary/aromatic N) is 1. The number of amides is 1. The lowest BCUT2D eigenvalue weighted by molar-refractivity contribution is -0.125. The number of nitriles is 1. The SMILES string of the molecule is N#CCNCC(O)C(N)=O. The highest BCUT2D eigenvalue weighted by molar-refractivity contribution is 5.78. The van der Waals surface area contributed by atoms with Crippen molar-refractivity contribution in [3.8, 4) is 6.07 Å². The molecular weight excluding hydrogens is 134 g/mol. The van der Waals surface area contributed by atoms with Crippen LogP contribution in [0.5, 0.6) is 0 Å². The molecule has 10 heavy (non-hydrogen) atoms. The number of primary amides is 1. The molecule has 1 atom stereocenters. The van der Waals surface area contributed by atoms with E-state index in [0.29, 0.717) is 0 Å². The first-order valence-electron chi connectivity index (χ1n) is 2.73. The number of aliphatic hydroxyl groups is 1. The Hall–Kier alpha value is -1.12. The standard InChI is InChI=1S/C5H9N3O2/c6-1-2-8-3-4(9)5(7)10/h4,8-9H,2-3H2,(H2,7,10). The first-order valence-corrected chi connectivity index (χ1v) is 2.73.